The van der Waals surface area contributed by atoms with E-state index in [0.29, 0.717) is 5.56 Å². The van der Waals surface area contributed by atoms with Gasteiger partial charge in [0.15, 0.2) is 0 Å². The summed E-state index contributed by atoms with van der Waals surface area (Å²) in [5, 5.41) is 5.92. The summed E-state index contributed by atoms with van der Waals surface area (Å²) in [7, 11) is 0. The molecule has 0 radical (unpaired) electrons. The van der Waals surface area contributed by atoms with E-state index in [0.717, 1.165) is 36.3 Å². The van der Waals surface area contributed by atoms with Crippen LogP contribution in [0.5, 0.6) is 0 Å². The van der Waals surface area contributed by atoms with Crippen LogP contribution in [0.2, 0.25) is 0 Å². The van der Waals surface area contributed by atoms with E-state index in [1.165, 1.54) is 6.08 Å². The smallest absolute Gasteiger partial charge is 0.251 e. The number of hydrogen-bond acceptors (Lipinski definition) is 3. The second-order valence-corrected chi connectivity index (χ2v) is 6.38. The molecule has 0 bridgehead atoms. The van der Waals surface area contributed by atoms with Crippen molar-refractivity contribution in [2.45, 2.75) is 38.3 Å². The zero-order valence-electron chi connectivity index (χ0n) is 14.2. The summed E-state index contributed by atoms with van der Waals surface area (Å²) in [6.45, 7) is 5.35. The highest BCUT2D eigenvalue weighted by Crippen LogP contribution is 2.23. The standard InChI is InChI=1S/C20H22N2O3/c1-3-19(23)21-16-9-10-17(12-16)22-20(24)15-7-5-14(6-8-15)18-11-4-13(2)25-18/h3-8,11,16-17H,1,9-10,12H2,2H3,(H,21,23)(H,22,24)/t16-,17+/m1/s1. The topological polar surface area (TPSA) is 71.3 Å². The maximum Gasteiger partial charge on any atom is 0.251 e. The molecule has 1 aromatic carbocycles. The fourth-order valence-electron chi connectivity index (χ4n) is 3.15. The van der Waals surface area contributed by atoms with Gasteiger partial charge < -0.3 is 15.1 Å². The Morgan fingerprint density at radius 3 is 2.36 bits per heavy atom. The van der Waals surface area contributed by atoms with Gasteiger partial charge in [-0.2, -0.15) is 0 Å². The molecule has 0 aliphatic heterocycles. The van der Waals surface area contributed by atoms with Crippen molar-refractivity contribution in [3.63, 3.8) is 0 Å². The lowest BCUT2D eigenvalue weighted by molar-refractivity contribution is -0.117. The maximum absolute atomic E-state index is 12.4. The van der Waals surface area contributed by atoms with Gasteiger partial charge in [0.05, 0.1) is 0 Å². The van der Waals surface area contributed by atoms with Gasteiger partial charge in [0.1, 0.15) is 11.5 Å². The highest BCUT2D eigenvalue weighted by molar-refractivity contribution is 5.94. The molecule has 0 spiro atoms. The van der Waals surface area contributed by atoms with Crippen molar-refractivity contribution in [1.82, 2.24) is 10.6 Å². The number of nitrogens with one attached hydrogen (secondary N) is 2. The number of amides is 2. The molecular weight excluding hydrogens is 316 g/mol. The number of carbonyl (C=O) groups is 2. The van der Waals surface area contributed by atoms with Crippen LogP contribution in [0.3, 0.4) is 0 Å². The molecule has 25 heavy (non-hydrogen) atoms. The minimum Gasteiger partial charge on any atom is -0.461 e. The molecule has 2 atom stereocenters. The number of aryl methyl sites for hydroxylation is 1. The van der Waals surface area contributed by atoms with Crippen molar-refractivity contribution < 1.29 is 14.0 Å². The Morgan fingerprint density at radius 2 is 1.76 bits per heavy atom. The van der Waals surface area contributed by atoms with Crippen LogP contribution in [-0.2, 0) is 4.79 Å². The Balaban J connectivity index is 1.57. The SMILES string of the molecule is C=CC(=O)N[C@@H]1CC[C@H](NC(=O)c2ccc(-c3ccc(C)o3)cc2)C1. The molecule has 130 valence electrons. The van der Waals surface area contributed by atoms with Gasteiger partial charge in [-0.15, -0.1) is 0 Å². The lowest BCUT2D eigenvalue weighted by Crippen LogP contribution is -2.36. The highest BCUT2D eigenvalue weighted by atomic mass is 16.3. The zero-order chi connectivity index (χ0) is 17.8. The first-order chi connectivity index (χ1) is 12.0. The summed E-state index contributed by atoms with van der Waals surface area (Å²) >= 11 is 0. The molecule has 5 heteroatoms. The fraction of sp³-hybridized carbons (Fsp3) is 0.300. The van der Waals surface area contributed by atoms with E-state index in [4.69, 9.17) is 4.42 Å². The molecule has 1 aliphatic carbocycles. The van der Waals surface area contributed by atoms with E-state index in [1.807, 2.05) is 31.2 Å². The molecule has 2 N–H and O–H groups in total. The number of furan rings is 1. The minimum absolute atomic E-state index is 0.0787. The van der Waals surface area contributed by atoms with Gasteiger partial charge in [-0.3, -0.25) is 9.59 Å². The molecule has 1 heterocycles. The number of carbonyl (C=O) groups excluding carboxylic acids is 2. The van der Waals surface area contributed by atoms with E-state index in [1.54, 1.807) is 12.1 Å². The predicted octanol–water partition coefficient (Wildman–Crippen LogP) is 3.21. The van der Waals surface area contributed by atoms with Crippen molar-refractivity contribution in [2.75, 3.05) is 0 Å². The Bertz CT molecular complexity index is 776. The molecule has 3 rings (SSSR count). The first kappa shape index (κ1) is 17.0. The molecule has 1 fully saturated rings. The monoisotopic (exact) mass is 338 g/mol. The van der Waals surface area contributed by atoms with Crippen LogP contribution in [0, 0.1) is 6.92 Å². The normalized spacial score (nSPS) is 19.4. The average molecular weight is 338 g/mol. The molecule has 1 aromatic heterocycles. The molecule has 0 unspecified atom stereocenters. The third-order valence-electron chi connectivity index (χ3n) is 4.47. The minimum atomic E-state index is -0.166. The average Bonchev–Trinajstić information content (AvgIpc) is 3.24. The van der Waals surface area contributed by atoms with Crippen LogP contribution >= 0.6 is 0 Å². The predicted molar refractivity (Wildman–Crippen MR) is 96.1 cm³/mol. The van der Waals surface area contributed by atoms with Gasteiger partial charge in [0, 0.05) is 23.2 Å². The number of benzene rings is 1. The Morgan fingerprint density at radius 1 is 1.08 bits per heavy atom. The summed E-state index contributed by atoms with van der Waals surface area (Å²) in [5.41, 5.74) is 1.56. The van der Waals surface area contributed by atoms with Crippen LogP contribution in [-0.4, -0.2) is 23.9 Å². The molecule has 0 saturated heterocycles. The van der Waals surface area contributed by atoms with Crippen LogP contribution in [0.4, 0.5) is 0 Å². The first-order valence-corrected chi connectivity index (χ1v) is 8.46. The van der Waals surface area contributed by atoms with Crippen LogP contribution in [0.1, 0.15) is 35.4 Å². The Hall–Kier alpha value is -2.82. The van der Waals surface area contributed by atoms with Crippen LogP contribution in [0.25, 0.3) is 11.3 Å². The second kappa shape index (κ2) is 7.38. The highest BCUT2D eigenvalue weighted by Gasteiger charge is 2.26. The maximum atomic E-state index is 12.4. The van der Waals surface area contributed by atoms with Gasteiger partial charge >= 0.3 is 0 Å². The molecule has 1 aliphatic rings. The third kappa shape index (κ3) is 4.18. The van der Waals surface area contributed by atoms with Crippen molar-refractivity contribution in [3.05, 3.63) is 60.4 Å². The van der Waals surface area contributed by atoms with Crippen molar-refractivity contribution in [3.8, 4) is 11.3 Å². The zero-order valence-corrected chi connectivity index (χ0v) is 14.2. The van der Waals surface area contributed by atoms with E-state index in [2.05, 4.69) is 17.2 Å². The largest absolute Gasteiger partial charge is 0.461 e. The Kier molecular flexibility index (Phi) is 5.03. The van der Waals surface area contributed by atoms with Gasteiger partial charge in [0.25, 0.3) is 5.91 Å². The summed E-state index contributed by atoms with van der Waals surface area (Å²) in [6.07, 6.45) is 3.74. The summed E-state index contributed by atoms with van der Waals surface area (Å²) in [4.78, 5) is 23.7. The van der Waals surface area contributed by atoms with E-state index >= 15 is 0 Å². The first-order valence-electron chi connectivity index (χ1n) is 8.46. The van der Waals surface area contributed by atoms with Gasteiger partial charge in [-0.25, -0.2) is 0 Å². The number of hydrogen-bond donors (Lipinski definition) is 2. The van der Waals surface area contributed by atoms with E-state index in [-0.39, 0.29) is 23.9 Å². The summed E-state index contributed by atoms with van der Waals surface area (Å²) in [5.74, 6) is 1.39. The van der Waals surface area contributed by atoms with Gasteiger partial charge in [0.2, 0.25) is 5.91 Å². The number of rotatable bonds is 5. The van der Waals surface area contributed by atoms with Crippen molar-refractivity contribution >= 4 is 11.8 Å². The fourth-order valence-corrected chi connectivity index (χ4v) is 3.15. The van der Waals surface area contributed by atoms with Gasteiger partial charge in [-0.1, -0.05) is 18.7 Å². The summed E-state index contributed by atoms with van der Waals surface area (Å²) in [6, 6.07) is 11.4. The third-order valence-corrected chi connectivity index (χ3v) is 4.47. The second-order valence-electron chi connectivity index (χ2n) is 6.38. The lowest BCUT2D eigenvalue weighted by Gasteiger charge is -2.14. The lowest BCUT2D eigenvalue weighted by atomic mass is 10.1. The van der Waals surface area contributed by atoms with Crippen LogP contribution < -0.4 is 10.6 Å². The Labute approximate surface area is 147 Å². The molecule has 2 aromatic rings. The van der Waals surface area contributed by atoms with E-state index < -0.39 is 0 Å². The van der Waals surface area contributed by atoms with Crippen LogP contribution in [0.15, 0.2) is 53.5 Å². The summed E-state index contributed by atoms with van der Waals surface area (Å²) < 4.78 is 5.59. The van der Waals surface area contributed by atoms with Gasteiger partial charge in [-0.05, 0) is 56.5 Å². The van der Waals surface area contributed by atoms with E-state index in [9.17, 15) is 9.59 Å². The quantitative estimate of drug-likeness (QED) is 0.822. The molecule has 1 saturated carbocycles. The van der Waals surface area contributed by atoms with Crippen molar-refractivity contribution in [2.24, 2.45) is 0 Å². The molecule has 2 amide bonds. The van der Waals surface area contributed by atoms with Crippen molar-refractivity contribution in [1.29, 1.82) is 0 Å². The molecule has 5 nitrogen and oxygen atoms in total. The molecular formula is C20H22N2O3.